The Labute approximate surface area is 111 Å². The summed E-state index contributed by atoms with van der Waals surface area (Å²) in [5, 5.41) is 0. The lowest BCUT2D eigenvalue weighted by Gasteiger charge is -2.26. The van der Waals surface area contributed by atoms with Crippen molar-refractivity contribution in [3.63, 3.8) is 0 Å². The second-order valence-corrected chi connectivity index (χ2v) is 6.12. The van der Waals surface area contributed by atoms with Crippen LogP contribution in [0, 0.1) is 32.6 Å². The van der Waals surface area contributed by atoms with E-state index in [9.17, 15) is 0 Å². The van der Waals surface area contributed by atoms with Gasteiger partial charge in [-0.05, 0) is 67.7 Å². The first-order valence-electron chi connectivity index (χ1n) is 7.06. The van der Waals surface area contributed by atoms with Crippen molar-refractivity contribution in [2.45, 2.75) is 53.0 Å². The third kappa shape index (κ3) is 2.60. The molecule has 1 fully saturated rings. The molecule has 1 aliphatic rings. The summed E-state index contributed by atoms with van der Waals surface area (Å²) >= 11 is 0. The van der Waals surface area contributed by atoms with E-state index in [-0.39, 0.29) is 0 Å². The molecule has 0 saturated heterocycles. The van der Waals surface area contributed by atoms with E-state index < -0.39 is 0 Å². The molecule has 0 heterocycles. The normalized spacial score (nSPS) is 25.4. The summed E-state index contributed by atoms with van der Waals surface area (Å²) in [6.07, 6.45) is 3.93. The number of benzene rings is 1. The molecular weight excluding hydrogens is 220 g/mol. The lowest BCUT2D eigenvalue weighted by Crippen LogP contribution is -2.33. The van der Waals surface area contributed by atoms with E-state index in [2.05, 4.69) is 45.3 Å². The molecule has 1 aromatic carbocycles. The van der Waals surface area contributed by atoms with Crippen molar-refractivity contribution in [3.05, 3.63) is 34.4 Å². The zero-order chi connectivity index (χ0) is 13.3. The quantitative estimate of drug-likeness (QED) is 0.632. The van der Waals surface area contributed by atoms with Gasteiger partial charge >= 0.3 is 0 Å². The molecule has 3 N–H and O–H groups in total. The molecule has 0 aromatic heterocycles. The van der Waals surface area contributed by atoms with E-state index >= 15 is 0 Å². The maximum atomic E-state index is 5.84. The molecular formula is C16H26N2. The monoisotopic (exact) mass is 246 g/mol. The van der Waals surface area contributed by atoms with Gasteiger partial charge in [0.2, 0.25) is 0 Å². The van der Waals surface area contributed by atoms with Gasteiger partial charge in [-0.1, -0.05) is 25.5 Å². The molecule has 0 spiro atoms. The second-order valence-electron chi connectivity index (χ2n) is 6.12. The van der Waals surface area contributed by atoms with Gasteiger partial charge in [-0.3, -0.25) is 11.3 Å². The molecule has 2 heteroatoms. The maximum absolute atomic E-state index is 5.84. The van der Waals surface area contributed by atoms with Crippen LogP contribution in [0.4, 0.5) is 0 Å². The highest BCUT2D eigenvalue weighted by Gasteiger charge is 2.30. The van der Waals surface area contributed by atoms with Crippen molar-refractivity contribution in [2.75, 3.05) is 0 Å². The van der Waals surface area contributed by atoms with E-state index in [0.29, 0.717) is 12.0 Å². The van der Waals surface area contributed by atoms with Crippen LogP contribution in [-0.4, -0.2) is 0 Å². The molecule has 3 unspecified atom stereocenters. The first kappa shape index (κ1) is 13.6. The number of hydrogen-bond donors (Lipinski definition) is 2. The van der Waals surface area contributed by atoms with Crippen LogP contribution in [0.25, 0.3) is 0 Å². The Hall–Kier alpha value is -0.860. The summed E-state index contributed by atoms with van der Waals surface area (Å²) in [5.74, 6) is 7.37. The van der Waals surface area contributed by atoms with Crippen LogP contribution in [0.5, 0.6) is 0 Å². The van der Waals surface area contributed by atoms with Gasteiger partial charge in [-0.25, -0.2) is 0 Å². The predicted octanol–water partition coefficient (Wildman–Crippen LogP) is 3.55. The van der Waals surface area contributed by atoms with Crippen molar-refractivity contribution in [1.29, 1.82) is 0 Å². The van der Waals surface area contributed by atoms with Gasteiger partial charge in [0.05, 0.1) is 0 Å². The fourth-order valence-corrected chi connectivity index (χ4v) is 3.35. The van der Waals surface area contributed by atoms with Crippen LogP contribution in [0.1, 0.15) is 54.5 Å². The number of nitrogens with one attached hydrogen (secondary N) is 1. The summed E-state index contributed by atoms with van der Waals surface area (Å²) < 4.78 is 0. The average Bonchev–Trinajstić information content (AvgIpc) is 2.73. The largest absolute Gasteiger partial charge is 0.271 e. The van der Waals surface area contributed by atoms with Crippen LogP contribution in [-0.2, 0) is 0 Å². The minimum absolute atomic E-state index is 0.314. The molecule has 2 rings (SSSR count). The van der Waals surface area contributed by atoms with Crippen molar-refractivity contribution in [1.82, 2.24) is 5.43 Å². The topological polar surface area (TPSA) is 38.0 Å². The molecule has 0 amide bonds. The van der Waals surface area contributed by atoms with Gasteiger partial charge < -0.3 is 0 Å². The van der Waals surface area contributed by atoms with E-state index in [1.807, 2.05) is 0 Å². The Morgan fingerprint density at radius 3 is 2.33 bits per heavy atom. The highest BCUT2D eigenvalue weighted by molar-refractivity contribution is 5.38. The zero-order valence-corrected chi connectivity index (χ0v) is 12.1. The van der Waals surface area contributed by atoms with Crippen LogP contribution < -0.4 is 11.3 Å². The molecule has 0 radical (unpaired) electrons. The highest BCUT2D eigenvalue weighted by Crippen LogP contribution is 2.39. The van der Waals surface area contributed by atoms with Gasteiger partial charge in [0, 0.05) is 6.04 Å². The summed E-state index contributed by atoms with van der Waals surface area (Å²) in [4.78, 5) is 0. The number of hydrazine groups is 1. The van der Waals surface area contributed by atoms with Crippen molar-refractivity contribution >= 4 is 0 Å². The molecule has 0 bridgehead atoms. The van der Waals surface area contributed by atoms with E-state index in [1.165, 1.54) is 41.5 Å². The molecule has 0 aliphatic heterocycles. The third-order valence-electron chi connectivity index (χ3n) is 4.60. The number of hydrogen-bond acceptors (Lipinski definition) is 2. The fraction of sp³-hybridized carbons (Fsp3) is 0.625. The first-order valence-corrected chi connectivity index (χ1v) is 7.06. The van der Waals surface area contributed by atoms with Crippen LogP contribution >= 0.6 is 0 Å². The van der Waals surface area contributed by atoms with Crippen LogP contribution in [0.2, 0.25) is 0 Å². The third-order valence-corrected chi connectivity index (χ3v) is 4.60. The maximum Gasteiger partial charge on any atom is 0.0490 e. The molecule has 1 saturated carbocycles. The summed E-state index contributed by atoms with van der Waals surface area (Å²) in [5.41, 5.74) is 8.55. The van der Waals surface area contributed by atoms with E-state index in [4.69, 9.17) is 5.84 Å². The minimum Gasteiger partial charge on any atom is -0.271 e. The van der Waals surface area contributed by atoms with Crippen molar-refractivity contribution in [2.24, 2.45) is 17.7 Å². The molecule has 1 aromatic rings. The standard InChI is InChI=1S/C16H26N2/c1-10-5-6-14(7-10)16(18-17)15-9-12(3)11(2)8-13(15)4/h8-10,14,16,18H,5-7,17H2,1-4H3. The molecule has 3 atom stereocenters. The average molecular weight is 246 g/mol. The Bertz CT molecular complexity index is 425. The van der Waals surface area contributed by atoms with Gasteiger partial charge in [-0.15, -0.1) is 0 Å². The lowest BCUT2D eigenvalue weighted by molar-refractivity contribution is 0.362. The molecule has 1 aliphatic carbocycles. The zero-order valence-electron chi connectivity index (χ0n) is 12.1. The van der Waals surface area contributed by atoms with Crippen molar-refractivity contribution in [3.8, 4) is 0 Å². The summed E-state index contributed by atoms with van der Waals surface area (Å²) in [6.45, 7) is 8.91. The second kappa shape index (κ2) is 5.41. The minimum atomic E-state index is 0.314. The Morgan fingerprint density at radius 1 is 1.11 bits per heavy atom. The summed E-state index contributed by atoms with van der Waals surface area (Å²) in [7, 11) is 0. The first-order chi connectivity index (χ1) is 8.52. The van der Waals surface area contributed by atoms with E-state index in [0.717, 1.165) is 5.92 Å². The highest BCUT2D eigenvalue weighted by atomic mass is 15.2. The van der Waals surface area contributed by atoms with Crippen molar-refractivity contribution < 1.29 is 0 Å². The SMILES string of the molecule is Cc1cc(C)c(C(NN)C2CCC(C)C2)cc1C. The fourth-order valence-electron chi connectivity index (χ4n) is 3.35. The van der Waals surface area contributed by atoms with Gasteiger partial charge in [0.15, 0.2) is 0 Å². The van der Waals surface area contributed by atoms with Gasteiger partial charge in [0.1, 0.15) is 0 Å². The van der Waals surface area contributed by atoms with Crippen LogP contribution in [0.15, 0.2) is 12.1 Å². The molecule has 100 valence electrons. The van der Waals surface area contributed by atoms with E-state index in [1.54, 1.807) is 0 Å². The van der Waals surface area contributed by atoms with Gasteiger partial charge in [0.25, 0.3) is 0 Å². The lowest BCUT2D eigenvalue weighted by atomic mass is 9.87. The summed E-state index contributed by atoms with van der Waals surface area (Å²) in [6, 6.07) is 4.92. The van der Waals surface area contributed by atoms with Gasteiger partial charge in [-0.2, -0.15) is 0 Å². The number of nitrogens with two attached hydrogens (primary N) is 1. The number of aryl methyl sites for hydroxylation is 3. The Morgan fingerprint density at radius 2 is 1.78 bits per heavy atom. The molecule has 2 nitrogen and oxygen atoms in total. The van der Waals surface area contributed by atoms with Crippen LogP contribution in [0.3, 0.4) is 0 Å². The Kier molecular flexibility index (Phi) is 4.08. The smallest absolute Gasteiger partial charge is 0.0490 e. The Balaban J connectivity index is 2.30. The molecule has 18 heavy (non-hydrogen) atoms. The predicted molar refractivity (Wildman–Crippen MR) is 77.2 cm³/mol. The number of rotatable bonds is 3.